The first-order valence-electron chi connectivity index (χ1n) is 7.77. The van der Waals surface area contributed by atoms with Crippen LogP contribution in [0.5, 0.6) is 0 Å². The van der Waals surface area contributed by atoms with Crippen molar-refractivity contribution >= 4 is 9.84 Å². The van der Waals surface area contributed by atoms with Crippen LogP contribution in [0.4, 0.5) is 0 Å². The van der Waals surface area contributed by atoms with E-state index in [1.54, 1.807) is 0 Å². The van der Waals surface area contributed by atoms with Crippen molar-refractivity contribution in [3.05, 3.63) is 35.4 Å². The maximum Gasteiger partial charge on any atom is 0.158 e. The van der Waals surface area contributed by atoms with E-state index in [2.05, 4.69) is 19.2 Å². The fraction of sp³-hybridized carbons (Fsp3) is 0.647. The van der Waals surface area contributed by atoms with Crippen molar-refractivity contribution in [2.24, 2.45) is 5.41 Å². The van der Waals surface area contributed by atoms with Crippen molar-refractivity contribution in [2.75, 3.05) is 6.54 Å². The molecule has 2 atom stereocenters. The van der Waals surface area contributed by atoms with Gasteiger partial charge in [-0.3, -0.25) is 0 Å². The molecule has 0 radical (unpaired) electrons. The van der Waals surface area contributed by atoms with E-state index in [1.165, 1.54) is 0 Å². The lowest BCUT2D eigenvalue weighted by Gasteiger charge is -2.31. The Morgan fingerprint density at radius 1 is 1.29 bits per heavy atom. The van der Waals surface area contributed by atoms with E-state index in [0.717, 1.165) is 30.5 Å². The summed E-state index contributed by atoms with van der Waals surface area (Å²) in [6, 6.07) is 7.82. The maximum atomic E-state index is 12.9. The van der Waals surface area contributed by atoms with Crippen molar-refractivity contribution in [3.63, 3.8) is 0 Å². The third kappa shape index (κ3) is 3.49. The minimum atomic E-state index is -3.14. The molecule has 3 nitrogen and oxygen atoms in total. The van der Waals surface area contributed by atoms with Crippen molar-refractivity contribution in [1.82, 2.24) is 5.32 Å². The molecule has 0 aromatic heterocycles. The molecule has 0 spiro atoms. The van der Waals surface area contributed by atoms with Crippen molar-refractivity contribution in [1.29, 1.82) is 0 Å². The Labute approximate surface area is 129 Å². The van der Waals surface area contributed by atoms with Crippen LogP contribution in [-0.2, 0) is 15.6 Å². The SMILES string of the molecule is CCNC1C(S(=O)(=O)Cc2ccccc2C)CCC1(C)C. The lowest BCUT2D eigenvalue weighted by atomic mass is 9.87. The molecule has 21 heavy (non-hydrogen) atoms. The summed E-state index contributed by atoms with van der Waals surface area (Å²) in [6.45, 7) is 9.17. The van der Waals surface area contributed by atoms with Gasteiger partial charge in [0.1, 0.15) is 0 Å². The van der Waals surface area contributed by atoms with E-state index in [-0.39, 0.29) is 22.5 Å². The zero-order valence-corrected chi connectivity index (χ0v) is 14.3. The fourth-order valence-corrected chi connectivity index (χ4v) is 5.78. The highest BCUT2D eigenvalue weighted by atomic mass is 32.2. The third-order valence-electron chi connectivity index (χ3n) is 4.79. The minimum absolute atomic E-state index is 0.0411. The number of aryl methyl sites for hydroxylation is 1. The molecule has 2 unspecified atom stereocenters. The number of hydrogen-bond acceptors (Lipinski definition) is 3. The highest BCUT2D eigenvalue weighted by molar-refractivity contribution is 7.91. The van der Waals surface area contributed by atoms with Crippen molar-refractivity contribution in [2.45, 2.75) is 57.6 Å². The van der Waals surface area contributed by atoms with Crippen LogP contribution in [0.15, 0.2) is 24.3 Å². The van der Waals surface area contributed by atoms with Crippen LogP contribution in [-0.4, -0.2) is 26.3 Å². The van der Waals surface area contributed by atoms with E-state index in [9.17, 15) is 8.42 Å². The molecule has 0 saturated heterocycles. The lowest BCUT2D eigenvalue weighted by Crippen LogP contribution is -2.47. The summed E-state index contributed by atoms with van der Waals surface area (Å²) in [4.78, 5) is 0. The molecule has 0 bridgehead atoms. The third-order valence-corrected chi connectivity index (χ3v) is 6.93. The fourth-order valence-electron chi connectivity index (χ4n) is 3.45. The van der Waals surface area contributed by atoms with E-state index in [4.69, 9.17) is 0 Å². The Morgan fingerprint density at radius 3 is 2.57 bits per heavy atom. The second-order valence-electron chi connectivity index (χ2n) is 6.83. The van der Waals surface area contributed by atoms with E-state index in [1.807, 2.05) is 38.1 Å². The Hall–Kier alpha value is -0.870. The normalized spacial score (nSPS) is 25.1. The van der Waals surface area contributed by atoms with Gasteiger partial charge in [-0.2, -0.15) is 0 Å². The largest absolute Gasteiger partial charge is 0.312 e. The summed E-state index contributed by atoms with van der Waals surface area (Å²) in [7, 11) is -3.14. The summed E-state index contributed by atoms with van der Waals surface area (Å²) in [5.74, 6) is 0.155. The van der Waals surface area contributed by atoms with Crippen LogP contribution in [0.25, 0.3) is 0 Å². The summed E-state index contributed by atoms with van der Waals surface area (Å²) in [5.41, 5.74) is 2.02. The topological polar surface area (TPSA) is 46.2 Å². The molecule has 1 aromatic rings. The predicted octanol–water partition coefficient (Wildman–Crippen LogP) is 3.08. The molecule has 1 aliphatic carbocycles. The van der Waals surface area contributed by atoms with Gasteiger partial charge in [0.25, 0.3) is 0 Å². The van der Waals surface area contributed by atoms with E-state index < -0.39 is 9.84 Å². The molecule has 1 fully saturated rings. The zero-order valence-electron chi connectivity index (χ0n) is 13.5. The Kier molecular flexibility index (Phi) is 4.79. The molecule has 0 aliphatic heterocycles. The van der Waals surface area contributed by atoms with Gasteiger partial charge in [-0.05, 0) is 42.9 Å². The number of sulfone groups is 1. The lowest BCUT2D eigenvalue weighted by molar-refractivity contribution is 0.288. The van der Waals surface area contributed by atoms with Crippen molar-refractivity contribution in [3.8, 4) is 0 Å². The first-order valence-corrected chi connectivity index (χ1v) is 9.49. The molecule has 1 saturated carbocycles. The molecule has 0 heterocycles. The number of benzene rings is 1. The van der Waals surface area contributed by atoms with Crippen LogP contribution >= 0.6 is 0 Å². The maximum absolute atomic E-state index is 12.9. The molecular weight excluding hydrogens is 282 g/mol. The minimum Gasteiger partial charge on any atom is -0.312 e. The summed E-state index contributed by atoms with van der Waals surface area (Å²) >= 11 is 0. The quantitative estimate of drug-likeness (QED) is 0.909. The second kappa shape index (κ2) is 6.09. The molecule has 0 amide bonds. The van der Waals surface area contributed by atoms with Gasteiger partial charge in [0.2, 0.25) is 0 Å². The monoisotopic (exact) mass is 309 g/mol. The van der Waals surface area contributed by atoms with E-state index >= 15 is 0 Å². The summed E-state index contributed by atoms with van der Waals surface area (Å²) < 4.78 is 25.8. The second-order valence-corrected chi connectivity index (χ2v) is 9.05. The number of rotatable bonds is 5. The first kappa shape index (κ1) is 16.5. The van der Waals surface area contributed by atoms with Gasteiger partial charge in [0, 0.05) is 6.04 Å². The van der Waals surface area contributed by atoms with Crippen LogP contribution in [0.3, 0.4) is 0 Å². The van der Waals surface area contributed by atoms with Gasteiger partial charge in [-0.1, -0.05) is 45.0 Å². The van der Waals surface area contributed by atoms with Gasteiger partial charge in [0.05, 0.1) is 11.0 Å². The molecule has 2 rings (SSSR count). The highest BCUT2D eigenvalue weighted by Crippen LogP contribution is 2.41. The van der Waals surface area contributed by atoms with Gasteiger partial charge in [-0.25, -0.2) is 8.42 Å². The standard InChI is InChI=1S/C17H27NO2S/c1-5-18-16-15(10-11-17(16,3)4)21(19,20)12-14-9-7-6-8-13(14)2/h6-9,15-16,18H,5,10-12H2,1-4H3. The predicted molar refractivity (Wildman–Crippen MR) is 88.1 cm³/mol. The summed E-state index contributed by atoms with van der Waals surface area (Å²) in [5, 5.41) is 3.14. The Morgan fingerprint density at radius 2 is 1.95 bits per heavy atom. The van der Waals surface area contributed by atoms with Gasteiger partial charge in [-0.15, -0.1) is 0 Å². The average Bonchev–Trinajstić information content (AvgIpc) is 2.69. The first-order chi connectivity index (χ1) is 9.78. The smallest absolute Gasteiger partial charge is 0.158 e. The molecule has 1 aromatic carbocycles. The van der Waals surface area contributed by atoms with Gasteiger partial charge in [0.15, 0.2) is 9.84 Å². The molecular formula is C17H27NO2S. The van der Waals surface area contributed by atoms with Crippen LogP contribution in [0.1, 0.15) is 44.7 Å². The average molecular weight is 309 g/mol. The Balaban J connectivity index is 2.25. The van der Waals surface area contributed by atoms with Crippen LogP contribution < -0.4 is 5.32 Å². The molecule has 118 valence electrons. The van der Waals surface area contributed by atoms with E-state index in [0.29, 0.717) is 0 Å². The molecule has 1 aliphatic rings. The highest BCUT2D eigenvalue weighted by Gasteiger charge is 2.47. The Bertz CT molecular complexity index is 593. The van der Waals surface area contributed by atoms with Crippen LogP contribution in [0, 0.1) is 12.3 Å². The number of hydrogen-bond donors (Lipinski definition) is 1. The molecule has 4 heteroatoms. The number of nitrogens with one attached hydrogen (secondary N) is 1. The summed E-state index contributed by atoms with van der Waals surface area (Å²) in [6.07, 6.45) is 1.72. The van der Waals surface area contributed by atoms with Gasteiger partial charge >= 0.3 is 0 Å². The van der Waals surface area contributed by atoms with Gasteiger partial charge < -0.3 is 5.32 Å². The van der Waals surface area contributed by atoms with Crippen LogP contribution in [0.2, 0.25) is 0 Å². The van der Waals surface area contributed by atoms with Crippen molar-refractivity contribution < 1.29 is 8.42 Å². The molecule has 1 N–H and O–H groups in total. The zero-order chi connectivity index (χ0) is 15.7.